The number of aromatic nitrogens is 3. The fraction of sp³-hybridized carbons (Fsp3) is 0.467. The Balaban J connectivity index is 2.25. The van der Waals surface area contributed by atoms with E-state index in [2.05, 4.69) is 9.97 Å². The van der Waals surface area contributed by atoms with Gasteiger partial charge in [-0.15, -0.1) is 0 Å². The predicted octanol–water partition coefficient (Wildman–Crippen LogP) is -0.873. The largest absolute Gasteiger partial charge is 0.394 e. The van der Waals surface area contributed by atoms with Gasteiger partial charge in [0, 0.05) is 6.20 Å². The number of aliphatic hydroxyl groups is 3. The number of aromatic amines is 1. The zero-order valence-electron chi connectivity index (χ0n) is 14.8. The molecule has 0 bridgehead atoms. The van der Waals surface area contributed by atoms with Crippen molar-refractivity contribution in [3.8, 4) is 11.8 Å². The Hall–Kier alpha value is -2.32. The second-order valence-corrected chi connectivity index (χ2v) is 5.48. The van der Waals surface area contributed by atoms with Gasteiger partial charge in [-0.1, -0.05) is 11.8 Å². The number of alkyl halides is 1. The number of rotatable bonds is 2. The first kappa shape index (κ1) is 15.0. The third kappa shape index (κ3) is 2.61. The number of halogens is 2. The Labute approximate surface area is 142 Å². The summed E-state index contributed by atoms with van der Waals surface area (Å²) in [6.45, 7) is -2.89. The highest BCUT2D eigenvalue weighted by molar-refractivity contribution is 5.76. The van der Waals surface area contributed by atoms with Crippen molar-refractivity contribution in [2.24, 2.45) is 0 Å². The van der Waals surface area contributed by atoms with E-state index >= 15 is 0 Å². The van der Waals surface area contributed by atoms with Gasteiger partial charge in [-0.05, 0) is 6.92 Å². The van der Waals surface area contributed by atoms with Crippen molar-refractivity contribution < 1.29 is 31.6 Å². The number of H-pyrrole nitrogens is 1. The Morgan fingerprint density at radius 3 is 3.00 bits per heavy atom. The Bertz CT molecular complexity index is 1010. The second-order valence-electron chi connectivity index (χ2n) is 5.48. The molecular weight excluding hydrogens is 340 g/mol. The Kier molecular flexibility index (Phi) is 3.71. The summed E-state index contributed by atoms with van der Waals surface area (Å²) in [6, 6.07) is 0. The van der Waals surface area contributed by atoms with Gasteiger partial charge in [-0.2, -0.15) is 0 Å². The Morgan fingerprint density at radius 2 is 2.36 bits per heavy atom. The van der Waals surface area contributed by atoms with E-state index in [9.17, 15) is 28.9 Å². The van der Waals surface area contributed by atoms with Crippen LogP contribution in [0.2, 0.25) is 0 Å². The minimum absolute atomic E-state index is 0.109. The summed E-state index contributed by atoms with van der Waals surface area (Å²) in [5.74, 6) is 3.03. The summed E-state index contributed by atoms with van der Waals surface area (Å²) in [5, 5.41) is 30.2. The van der Waals surface area contributed by atoms with Gasteiger partial charge >= 0.3 is 0 Å². The number of nitrogens with one attached hydrogen (secondary N) is 1. The summed E-state index contributed by atoms with van der Waals surface area (Å²) in [7, 11) is 0. The van der Waals surface area contributed by atoms with Crippen molar-refractivity contribution in [3.63, 3.8) is 0 Å². The maximum atomic E-state index is 14.3. The molecule has 1 aliphatic heterocycles. The van der Waals surface area contributed by atoms with Crippen LogP contribution >= 0.6 is 0 Å². The van der Waals surface area contributed by atoms with Gasteiger partial charge in [-0.3, -0.25) is 9.36 Å². The summed E-state index contributed by atoms with van der Waals surface area (Å²) >= 11 is 0. The third-order valence-corrected chi connectivity index (χ3v) is 3.88. The van der Waals surface area contributed by atoms with Crippen LogP contribution in [0.4, 0.5) is 8.78 Å². The van der Waals surface area contributed by atoms with E-state index in [0.29, 0.717) is 0 Å². The van der Waals surface area contributed by atoms with Gasteiger partial charge in [0.2, 0.25) is 0 Å². The van der Waals surface area contributed by atoms with Crippen molar-refractivity contribution in [2.75, 3.05) is 13.2 Å². The average Bonchev–Trinajstić information content (AvgIpc) is 3.01. The molecule has 134 valence electrons. The lowest BCUT2D eigenvalue weighted by Gasteiger charge is -2.26. The number of hydrogen-bond donors (Lipinski definition) is 4. The first-order chi connectivity index (χ1) is 12.5. The summed E-state index contributed by atoms with van der Waals surface area (Å²) in [4.78, 5) is 18.3. The molecule has 10 heteroatoms. The molecule has 1 fully saturated rings. The molecule has 4 atom stereocenters. The summed E-state index contributed by atoms with van der Waals surface area (Å²) < 4.78 is 47.6. The standard InChI is InChI=1S/C15H15F2N3O5/c1-7-18-12-10(13(23)19-7)8(17)5-20(12)14-15(24,3-2-4-16)11(22)9(6-21)25-14/h5,9,11,14,21-22,24H,4,6H2,1H3,(H,18,19,23)/t9-,11+,14-,15?/m1/s1/i6D2. The molecule has 3 heterocycles. The van der Waals surface area contributed by atoms with Gasteiger partial charge in [0.25, 0.3) is 5.56 Å². The van der Waals surface area contributed by atoms with Gasteiger partial charge in [0.15, 0.2) is 23.3 Å². The number of nitrogens with zero attached hydrogens (tertiary/aromatic N) is 2. The molecule has 2 aromatic rings. The molecule has 0 saturated carbocycles. The van der Waals surface area contributed by atoms with Crippen molar-refractivity contribution in [2.45, 2.75) is 31.0 Å². The molecule has 2 aromatic heterocycles. The van der Waals surface area contributed by atoms with Crippen molar-refractivity contribution in [1.82, 2.24) is 14.5 Å². The summed E-state index contributed by atoms with van der Waals surface area (Å²) in [6.07, 6.45) is -5.16. The molecule has 0 aromatic carbocycles. The minimum atomic E-state index is -3.11. The van der Waals surface area contributed by atoms with Crippen LogP contribution in [0.5, 0.6) is 0 Å². The smallest absolute Gasteiger partial charge is 0.263 e. The van der Waals surface area contributed by atoms with Gasteiger partial charge in [0.05, 0.1) is 9.30 Å². The number of ether oxygens (including phenoxy) is 1. The molecule has 3 rings (SSSR count). The zero-order valence-corrected chi connectivity index (χ0v) is 12.8. The van der Waals surface area contributed by atoms with Crippen molar-refractivity contribution in [3.05, 3.63) is 28.2 Å². The molecule has 0 radical (unpaired) electrons. The fourth-order valence-electron chi connectivity index (χ4n) is 2.78. The molecule has 0 amide bonds. The molecule has 1 unspecified atom stereocenters. The number of hydrogen-bond acceptors (Lipinski definition) is 6. The summed E-state index contributed by atoms with van der Waals surface area (Å²) in [5.41, 5.74) is -3.70. The topological polar surface area (TPSA) is 121 Å². The van der Waals surface area contributed by atoms with Crippen molar-refractivity contribution in [1.29, 1.82) is 0 Å². The maximum Gasteiger partial charge on any atom is 0.263 e. The maximum absolute atomic E-state index is 14.3. The van der Waals surface area contributed by atoms with E-state index < -0.39 is 54.0 Å². The molecular formula is C15H15F2N3O5. The van der Waals surface area contributed by atoms with Gasteiger partial charge < -0.3 is 25.0 Å². The van der Waals surface area contributed by atoms with Crippen molar-refractivity contribution >= 4 is 11.0 Å². The van der Waals surface area contributed by atoms with E-state index in [-0.39, 0.29) is 11.5 Å². The molecule has 8 nitrogen and oxygen atoms in total. The minimum Gasteiger partial charge on any atom is -0.394 e. The van der Waals surface area contributed by atoms with Crippen LogP contribution in [-0.4, -0.2) is 60.9 Å². The van der Waals surface area contributed by atoms with Gasteiger partial charge in [0.1, 0.15) is 30.1 Å². The lowest BCUT2D eigenvalue weighted by atomic mass is 9.94. The molecule has 1 saturated heterocycles. The highest BCUT2D eigenvalue weighted by atomic mass is 19.1. The normalized spacial score (nSPS) is 30.7. The lowest BCUT2D eigenvalue weighted by Crippen LogP contribution is -2.46. The first-order valence-corrected chi connectivity index (χ1v) is 7.12. The quantitative estimate of drug-likeness (QED) is 0.519. The highest BCUT2D eigenvalue weighted by Gasteiger charge is 2.56. The number of aryl methyl sites for hydroxylation is 1. The first-order valence-electron chi connectivity index (χ1n) is 8.12. The van der Waals surface area contributed by atoms with E-state index in [4.69, 9.17) is 7.48 Å². The van der Waals surface area contributed by atoms with Crippen LogP contribution in [0, 0.1) is 24.6 Å². The highest BCUT2D eigenvalue weighted by Crippen LogP contribution is 2.39. The zero-order chi connectivity index (χ0) is 20.1. The number of fused-ring (bicyclic) bond motifs is 1. The Morgan fingerprint density at radius 1 is 1.64 bits per heavy atom. The van der Waals surface area contributed by atoms with Gasteiger partial charge in [-0.25, -0.2) is 13.8 Å². The van der Waals surface area contributed by atoms with Crippen LogP contribution in [-0.2, 0) is 4.74 Å². The second kappa shape index (κ2) is 6.20. The molecule has 1 aliphatic rings. The van der Waals surface area contributed by atoms with Crippen LogP contribution in [0.25, 0.3) is 11.0 Å². The fourth-order valence-corrected chi connectivity index (χ4v) is 2.78. The third-order valence-electron chi connectivity index (χ3n) is 3.88. The number of aliphatic hydroxyl groups excluding tert-OH is 1. The SMILES string of the molecule is [2H]C([2H])(O)[C@H]1O[C@@H](n2cc(F)c3c(=O)[nH]c(C)nc32)C(O)(C#CCF)[C@H]1O. The van der Waals surface area contributed by atoms with E-state index in [1.165, 1.54) is 6.92 Å². The van der Waals surface area contributed by atoms with E-state index in [0.717, 1.165) is 10.8 Å². The van der Waals surface area contributed by atoms with E-state index in [1.807, 2.05) is 11.8 Å². The average molecular weight is 357 g/mol. The predicted molar refractivity (Wildman–Crippen MR) is 80.8 cm³/mol. The van der Waals surface area contributed by atoms with Crippen LogP contribution in [0.15, 0.2) is 11.0 Å². The monoisotopic (exact) mass is 357 g/mol. The molecule has 4 N–H and O–H groups in total. The molecule has 0 aliphatic carbocycles. The van der Waals surface area contributed by atoms with Crippen LogP contribution in [0.1, 0.15) is 14.8 Å². The molecule has 25 heavy (non-hydrogen) atoms. The van der Waals surface area contributed by atoms with E-state index in [1.54, 1.807) is 0 Å². The molecule has 0 spiro atoms. The van der Waals surface area contributed by atoms with Crippen LogP contribution in [0.3, 0.4) is 0 Å². The van der Waals surface area contributed by atoms with Crippen LogP contribution < -0.4 is 5.56 Å². The lowest BCUT2D eigenvalue weighted by molar-refractivity contribution is -0.0721.